The smallest absolute Gasteiger partial charge is 0.343 e. The van der Waals surface area contributed by atoms with E-state index in [0.717, 1.165) is 25.1 Å². The van der Waals surface area contributed by atoms with Crippen molar-refractivity contribution >= 4 is 23.6 Å². The van der Waals surface area contributed by atoms with Crippen molar-refractivity contribution in [1.29, 1.82) is 0 Å². The van der Waals surface area contributed by atoms with E-state index in [2.05, 4.69) is 0 Å². The van der Waals surface area contributed by atoms with Crippen molar-refractivity contribution < 1.29 is 22.8 Å². The fraction of sp³-hybridized carbons (Fsp3) is 0.529. The Morgan fingerprint density at radius 3 is 2.40 bits per heavy atom. The Hall–Kier alpha value is -1.70. The molecule has 0 aromatic heterocycles. The summed E-state index contributed by atoms with van der Waals surface area (Å²) in [5.41, 5.74) is 0.00534. The molecule has 2 heterocycles. The van der Waals surface area contributed by atoms with Crippen LogP contribution in [0.1, 0.15) is 35.8 Å². The Morgan fingerprint density at radius 1 is 1.08 bits per heavy atom. The predicted molar refractivity (Wildman–Crippen MR) is 88.8 cm³/mol. The molecule has 25 heavy (non-hydrogen) atoms. The maximum absolute atomic E-state index is 12.7. The van der Waals surface area contributed by atoms with E-state index in [0.29, 0.717) is 37.2 Å². The number of amides is 2. The molecule has 1 atom stereocenters. The molecule has 1 aromatic carbocycles. The second-order valence-corrected chi connectivity index (χ2v) is 7.28. The largest absolute Gasteiger partial charge is 0.416 e. The molecule has 0 bridgehead atoms. The van der Waals surface area contributed by atoms with Crippen LogP contribution in [0.4, 0.5) is 13.2 Å². The van der Waals surface area contributed by atoms with E-state index in [1.807, 2.05) is 0 Å². The van der Waals surface area contributed by atoms with E-state index < -0.39 is 11.7 Å². The highest BCUT2D eigenvalue weighted by molar-refractivity contribution is 8.00. The van der Waals surface area contributed by atoms with Crippen molar-refractivity contribution in [2.45, 2.75) is 30.8 Å². The number of alkyl halides is 3. The Labute approximate surface area is 148 Å². The number of thioether (sulfide) groups is 1. The number of likely N-dealkylation sites (tertiary alicyclic amines) is 1. The van der Waals surface area contributed by atoms with Gasteiger partial charge >= 0.3 is 6.18 Å². The Bertz CT molecular complexity index is 648. The van der Waals surface area contributed by atoms with Gasteiger partial charge in [-0.05, 0) is 30.5 Å². The van der Waals surface area contributed by atoms with Crippen LogP contribution in [-0.2, 0) is 15.8 Å². The number of rotatable bonds is 5. The molecule has 0 spiro atoms. The van der Waals surface area contributed by atoms with Crippen LogP contribution in [0.3, 0.4) is 0 Å². The fourth-order valence-electron chi connectivity index (χ4n) is 3.18. The lowest BCUT2D eigenvalue weighted by Crippen LogP contribution is -2.33. The van der Waals surface area contributed by atoms with Crippen molar-refractivity contribution in [3.05, 3.63) is 35.4 Å². The van der Waals surface area contributed by atoms with Crippen LogP contribution in [-0.4, -0.2) is 47.0 Å². The molecule has 2 amide bonds. The summed E-state index contributed by atoms with van der Waals surface area (Å²) in [7, 11) is 0. The van der Waals surface area contributed by atoms with Gasteiger partial charge in [0.1, 0.15) is 5.37 Å². The van der Waals surface area contributed by atoms with Crippen LogP contribution in [0, 0.1) is 0 Å². The maximum Gasteiger partial charge on any atom is 0.416 e. The monoisotopic (exact) mass is 372 g/mol. The van der Waals surface area contributed by atoms with Gasteiger partial charge in [0.15, 0.2) is 0 Å². The zero-order valence-electron chi connectivity index (χ0n) is 13.6. The number of benzene rings is 1. The van der Waals surface area contributed by atoms with Crippen molar-refractivity contribution in [3.8, 4) is 0 Å². The second kappa shape index (κ2) is 7.27. The second-order valence-electron chi connectivity index (χ2n) is 6.21. The number of carbonyl (C=O) groups excluding carboxylic acids is 2. The summed E-state index contributed by atoms with van der Waals surface area (Å²) >= 11 is 1.42. The molecule has 1 unspecified atom stereocenters. The van der Waals surface area contributed by atoms with Gasteiger partial charge in [-0.25, -0.2) is 0 Å². The van der Waals surface area contributed by atoms with Crippen molar-refractivity contribution in [1.82, 2.24) is 9.80 Å². The minimum atomic E-state index is -4.36. The molecule has 2 aliphatic heterocycles. The highest BCUT2D eigenvalue weighted by atomic mass is 32.2. The first kappa shape index (κ1) is 18.1. The summed E-state index contributed by atoms with van der Waals surface area (Å²) < 4.78 is 38.0. The number of hydrogen-bond donors (Lipinski definition) is 0. The third kappa shape index (κ3) is 4.11. The number of halogens is 3. The molecular weight excluding hydrogens is 353 g/mol. The van der Waals surface area contributed by atoms with E-state index >= 15 is 0 Å². The summed E-state index contributed by atoms with van der Waals surface area (Å²) in [5, 5.41) is -0.260. The van der Waals surface area contributed by atoms with Crippen LogP contribution in [0.5, 0.6) is 0 Å². The van der Waals surface area contributed by atoms with E-state index in [1.165, 1.54) is 23.9 Å². The first-order valence-corrected chi connectivity index (χ1v) is 9.27. The highest BCUT2D eigenvalue weighted by Gasteiger charge is 2.34. The number of hydrogen-bond acceptors (Lipinski definition) is 3. The van der Waals surface area contributed by atoms with Gasteiger partial charge in [-0.2, -0.15) is 13.2 Å². The van der Waals surface area contributed by atoms with Gasteiger partial charge in [0.25, 0.3) is 0 Å². The standard InChI is InChI=1S/C17H19F3N2O2S/c18-17(19,20)13-6-4-12(5-7-13)16-22(15(24)11-25-16)10-2-9-21-8-1-3-14(21)23/h4-7,16H,1-3,8-11H2. The van der Waals surface area contributed by atoms with Gasteiger partial charge in [-0.15, -0.1) is 11.8 Å². The maximum atomic E-state index is 12.7. The molecule has 2 fully saturated rings. The molecular formula is C17H19F3N2O2S. The molecule has 136 valence electrons. The molecule has 2 saturated heterocycles. The van der Waals surface area contributed by atoms with Gasteiger partial charge in [-0.1, -0.05) is 12.1 Å². The lowest BCUT2D eigenvalue weighted by Gasteiger charge is -2.25. The summed E-state index contributed by atoms with van der Waals surface area (Å²) in [6, 6.07) is 4.99. The van der Waals surface area contributed by atoms with E-state index in [1.54, 1.807) is 9.80 Å². The highest BCUT2D eigenvalue weighted by Crippen LogP contribution is 2.39. The normalized spacial score (nSPS) is 21.5. The Morgan fingerprint density at radius 2 is 1.80 bits per heavy atom. The van der Waals surface area contributed by atoms with Gasteiger partial charge < -0.3 is 9.80 Å². The summed E-state index contributed by atoms with van der Waals surface area (Å²) in [6.07, 6.45) is -2.22. The molecule has 3 rings (SSSR count). The van der Waals surface area contributed by atoms with Crippen molar-refractivity contribution in [3.63, 3.8) is 0 Å². The first-order valence-electron chi connectivity index (χ1n) is 8.22. The third-order valence-electron chi connectivity index (χ3n) is 4.49. The molecule has 2 aliphatic rings. The SMILES string of the molecule is O=C1CCCN1CCCN1C(=O)CSC1c1ccc(C(F)(F)F)cc1. The van der Waals surface area contributed by atoms with Crippen LogP contribution in [0.15, 0.2) is 24.3 Å². The van der Waals surface area contributed by atoms with Crippen LogP contribution in [0.2, 0.25) is 0 Å². The molecule has 0 saturated carbocycles. The Balaban J connectivity index is 1.62. The summed E-state index contributed by atoms with van der Waals surface area (Å²) in [6.45, 7) is 1.89. The molecule has 0 aliphatic carbocycles. The van der Waals surface area contributed by atoms with Gasteiger partial charge in [0.2, 0.25) is 11.8 Å². The number of nitrogens with zero attached hydrogens (tertiary/aromatic N) is 2. The van der Waals surface area contributed by atoms with E-state index in [4.69, 9.17) is 0 Å². The average molecular weight is 372 g/mol. The first-order chi connectivity index (χ1) is 11.9. The lowest BCUT2D eigenvalue weighted by molar-refractivity contribution is -0.137. The molecule has 1 aromatic rings. The quantitative estimate of drug-likeness (QED) is 0.796. The van der Waals surface area contributed by atoms with E-state index in [9.17, 15) is 22.8 Å². The fourth-order valence-corrected chi connectivity index (χ4v) is 4.40. The molecule has 0 radical (unpaired) electrons. The average Bonchev–Trinajstić information content (AvgIpc) is 3.13. The Kier molecular flexibility index (Phi) is 5.27. The van der Waals surface area contributed by atoms with Gasteiger partial charge in [0, 0.05) is 26.1 Å². The van der Waals surface area contributed by atoms with Crippen LogP contribution in [0.25, 0.3) is 0 Å². The minimum absolute atomic E-state index is 0.0114. The number of carbonyl (C=O) groups is 2. The summed E-state index contributed by atoms with van der Waals surface area (Å²) in [5.74, 6) is 0.470. The predicted octanol–water partition coefficient (Wildman–Crippen LogP) is 3.29. The lowest BCUT2D eigenvalue weighted by atomic mass is 10.1. The van der Waals surface area contributed by atoms with Crippen LogP contribution >= 0.6 is 11.8 Å². The minimum Gasteiger partial charge on any atom is -0.343 e. The molecule has 0 N–H and O–H groups in total. The van der Waals surface area contributed by atoms with Crippen LogP contribution < -0.4 is 0 Å². The third-order valence-corrected chi connectivity index (χ3v) is 5.75. The zero-order chi connectivity index (χ0) is 18.0. The molecule has 4 nitrogen and oxygen atoms in total. The van der Waals surface area contributed by atoms with Gasteiger partial charge in [-0.3, -0.25) is 9.59 Å². The van der Waals surface area contributed by atoms with Crippen molar-refractivity contribution in [2.75, 3.05) is 25.4 Å². The van der Waals surface area contributed by atoms with Gasteiger partial charge in [0.05, 0.1) is 11.3 Å². The zero-order valence-corrected chi connectivity index (χ0v) is 14.4. The topological polar surface area (TPSA) is 40.6 Å². The summed E-state index contributed by atoms with van der Waals surface area (Å²) in [4.78, 5) is 27.2. The van der Waals surface area contributed by atoms with E-state index in [-0.39, 0.29) is 17.2 Å². The van der Waals surface area contributed by atoms with Crippen molar-refractivity contribution in [2.24, 2.45) is 0 Å². The molecule has 8 heteroatoms.